The van der Waals surface area contributed by atoms with E-state index in [9.17, 15) is 0 Å². The number of nitrogens with one attached hydrogen (secondary N) is 2. The van der Waals surface area contributed by atoms with E-state index in [1.165, 1.54) is 5.56 Å². The zero-order valence-electron chi connectivity index (χ0n) is 11.3. The summed E-state index contributed by atoms with van der Waals surface area (Å²) >= 11 is 0. The number of rotatable bonds is 6. The minimum Gasteiger partial charge on any atom is -0.365 e. The number of hydrogen-bond acceptors (Lipinski definition) is 5. The lowest BCUT2D eigenvalue weighted by molar-refractivity contribution is 0.746. The van der Waals surface area contributed by atoms with Gasteiger partial charge < -0.3 is 10.6 Å². The highest BCUT2D eigenvalue weighted by molar-refractivity contribution is 5.38. The first-order chi connectivity index (χ1) is 9.28. The molecule has 5 nitrogen and oxygen atoms in total. The molecule has 1 heterocycles. The van der Waals surface area contributed by atoms with Crippen LogP contribution in [-0.4, -0.2) is 21.2 Å². The lowest BCUT2D eigenvalue weighted by atomic mass is 10.2. The molecule has 2 aromatic rings. The Morgan fingerprint density at radius 1 is 1.21 bits per heavy atom. The first-order valence-corrected chi connectivity index (χ1v) is 6.52. The molecular formula is C14H19N5. The zero-order valence-corrected chi connectivity index (χ0v) is 11.3. The van der Waals surface area contributed by atoms with Crippen LogP contribution in [0.5, 0.6) is 0 Å². The quantitative estimate of drug-likeness (QED) is 0.833. The Hall–Kier alpha value is -2.17. The van der Waals surface area contributed by atoms with E-state index in [1.807, 2.05) is 18.2 Å². The Bertz CT molecular complexity index is 500. The number of anilines is 2. The van der Waals surface area contributed by atoms with Gasteiger partial charge in [-0.25, -0.2) is 0 Å². The molecule has 1 atom stereocenters. The summed E-state index contributed by atoms with van der Waals surface area (Å²) in [7, 11) is 0. The van der Waals surface area contributed by atoms with Crippen LogP contribution in [0.3, 0.4) is 0 Å². The van der Waals surface area contributed by atoms with E-state index in [4.69, 9.17) is 0 Å². The van der Waals surface area contributed by atoms with E-state index in [1.54, 1.807) is 6.20 Å². The predicted molar refractivity (Wildman–Crippen MR) is 77.0 cm³/mol. The highest BCUT2D eigenvalue weighted by atomic mass is 15.3. The third-order valence-electron chi connectivity index (χ3n) is 2.86. The molecule has 1 aromatic carbocycles. The van der Waals surface area contributed by atoms with Crippen LogP contribution in [0.2, 0.25) is 0 Å². The van der Waals surface area contributed by atoms with Crippen LogP contribution in [0.4, 0.5) is 11.8 Å². The van der Waals surface area contributed by atoms with Gasteiger partial charge in [-0.3, -0.25) is 0 Å². The molecule has 0 aliphatic heterocycles. The fraction of sp³-hybridized carbons (Fsp3) is 0.357. The van der Waals surface area contributed by atoms with Crippen LogP contribution in [0.15, 0.2) is 36.5 Å². The van der Waals surface area contributed by atoms with E-state index < -0.39 is 0 Å². The third-order valence-corrected chi connectivity index (χ3v) is 2.86. The fourth-order valence-corrected chi connectivity index (χ4v) is 1.56. The Labute approximate surface area is 113 Å². The highest BCUT2D eigenvalue weighted by Gasteiger charge is 2.03. The van der Waals surface area contributed by atoms with Gasteiger partial charge in [0.15, 0.2) is 5.82 Å². The molecule has 19 heavy (non-hydrogen) atoms. The van der Waals surface area contributed by atoms with Crippen molar-refractivity contribution in [2.45, 2.75) is 32.9 Å². The minimum absolute atomic E-state index is 0.339. The monoisotopic (exact) mass is 257 g/mol. The van der Waals surface area contributed by atoms with Crippen molar-refractivity contribution in [3.63, 3.8) is 0 Å². The summed E-state index contributed by atoms with van der Waals surface area (Å²) in [4.78, 5) is 4.38. The van der Waals surface area contributed by atoms with E-state index in [2.05, 4.69) is 51.8 Å². The van der Waals surface area contributed by atoms with Gasteiger partial charge in [-0.05, 0) is 18.9 Å². The smallest absolute Gasteiger partial charge is 0.244 e. The van der Waals surface area contributed by atoms with Crippen molar-refractivity contribution in [3.05, 3.63) is 42.1 Å². The van der Waals surface area contributed by atoms with Crippen molar-refractivity contribution in [3.8, 4) is 0 Å². The van der Waals surface area contributed by atoms with Crippen LogP contribution in [0.25, 0.3) is 0 Å². The second-order valence-corrected chi connectivity index (χ2v) is 4.46. The SMILES string of the molecule is CCC(C)Nc1nncc(NCc2ccccc2)n1. The summed E-state index contributed by atoms with van der Waals surface area (Å²) in [6.07, 6.45) is 2.65. The van der Waals surface area contributed by atoms with E-state index in [-0.39, 0.29) is 0 Å². The molecule has 0 spiro atoms. The molecule has 1 unspecified atom stereocenters. The van der Waals surface area contributed by atoms with Gasteiger partial charge >= 0.3 is 0 Å². The number of benzene rings is 1. The molecule has 2 N–H and O–H groups in total. The minimum atomic E-state index is 0.339. The molecule has 0 saturated carbocycles. The summed E-state index contributed by atoms with van der Waals surface area (Å²) in [5, 5.41) is 14.4. The normalized spacial score (nSPS) is 11.9. The van der Waals surface area contributed by atoms with Crippen LogP contribution in [-0.2, 0) is 6.54 Å². The van der Waals surface area contributed by atoms with Gasteiger partial charge in [-0.1, -0.05) is 37.3 Å². The molecule has 0 bridgehead atoms. The van der Waals surface area contributed by atoms with Gasteiger partial charge in [0.2, 0.25) is 5.95 Å². The van der Waals surface area contributed by atoms with Gasteiger partial charge in [0.1, 0.15) is 0 Å². The molecule has 0 amide bonds. The van der Waals surface area contributed by atoms with Gasteiger partial charge in [0.25, 0.3) is 0 Å². The van der Waals surface area contributed by atoms with E-state index in [0.717, 1.165) is 18.8 Å². The van der Waals surface area contributed by atoms with Crippen LogP contribution in [0, 0.1) is 0 Å². The third kappa shape index (κ3) is 4.21. The molecule has 0 aliphatic rings. The Morgan fingerprint density at radius 2 is 2.00 bits per heavy atom. The van der Waals surface area contributed by atoms with Crippen molar-refractivity contribution in [2.75, 3.05) is 10.6 Å². The largest absolute Gasteiger partial charge is 0.365 e. The molecule has 0 fully saturated rings. The van der Waals surface area contributed by atoms with E-state index in [0.29, 0.717) is 12.0 Å². The average Bonchev–Trinajstić information content (AvgIpc) is 2.46. The zero-order chi connectivity index (χ0) is 13.5. The Kier molecular flexibility index (Phi) is 4.66. The lowest BCUT2D eigenvalue weighted by Crippen LogP contribution is -2.16. The molecule has 2 rings (SSSR count). The standard InChI is InChI=1S/C14H19N5/c1-3-11(2)17-14-18-13(10-16-19-14)15-9-12-7-5-4-6-8-12/h4-8,10-11H,3,9H2,1-2H3,(H2,15,17,18,19). The Balaban J connectivity index is 1.95. The summed E-state index contributed by atoms with van der Waals surface area (Å²) in [5.41, 5.74) is 1.21. The van der Waals surface area contributed by atoms with E-state index >= 15 is 0 Å². The van der Waals surface area contributed by atoms with Gasteiger partial charge in [-0.2, -0.15) is 10.1 Å². The van der Waals surface area contributed by atoms with Gasteiger partial charge in [0.05, 0.1) is 6.20 Å². The van der Waals surface area contributed by atoms with Crippen LogP contribution < -0.4 is 10.6 Å². The maximum Gasteiger partial charge on any atom is 0.244 e. The second-order valence-electron chi connectivity index (χ2n) is 4.46. The van der Waals surface area contributed by atoms with Crippen molar-refractivity contribution >= 4 is 11.8 Å². The molecule has 100 valence electrons. The summed E-state index contributed by atoms with van der Waals surface area (Å²) in [6, 6.07) is 10.5. The van der Waals surface area contributed by atoms with Crippen molar-refractivity contribution in [2.24, 2.45) is 0 Å². The number of nitrogens with zero attached hydrogens (tertiary/aromatic N) is 3. The van der Waals surface area contributed by atoms with Crippen molar-refractivity contribution < 1.29 is 0 Å². The van der Waals surface area contributed by atoms with Gasteiger partial charge in [-0.15, -0.1) is 5.10 Å². The maximum atomic E-state index is 4.38. The fourth-order valence-electron chi connectivity index (χ4n) is 1.56. The first-order valence-electron chi connectivity index (χ1n) is 6.52. The molecular weight excluding hydrogens is 238 g/mol. The van der Waals surface area contributed by atoms with Crippen LogP contribution in [0.1, 0.15) is 25.8 Å². The number of hydrogen-bond donors (Lipinski definition) is 2. The Morgan fingerprint density at radius 3 is 2.74 bits per heavy atom. The molecule has 5 heteroatoms. The first kappa shape index (κ1) is 13.3. The molecule has 0 saturated heterocycles. The highest BCUT2D eigenvalue weighted by Crippen LogP contribution is 2.08. The number of aromatic nitrogens is 3. The predicted octanol–water partition coefficient (Wildman–Crippen LogP) is 2.69. The summed E-state index contributed by atoms with van der Waals surface area (Å²) in [6.45, 7) is 4.93. The lowest BCUT2D eigenvalue weighted by Gasteiger charge is -2.11. The topological polar surface area (TPSA) is 62.7 Å². The summed E-state index contributed by atoms with van der Waals surface area (Å²) < 4.78 is 0. The molecule has 0 aliphatic carbocycles. The van der Waals surface area contributed by atoms with Crippen LogP contribution >= 0.6 is 0 Å². The van der Waals surface area contributed by atoms with Crippen molar-refractivity contribution in [1.82, 2.24) is 15.2 Å². The second kappa shape index (κ2) is 6.68. The van der Waals surface area contributed by atoms with Gasteiger partial charge in [0, 0.05) is 12.6 Å². The average molecular weight is 257 g/mol. The maximum absolute atomic E-state index is 4.38. The molecule has 0 radical (unpaired) electrons. The summed E-state index contributed by atoms with van der Waals surface area (Å²) in [5.74, 6) is 1.29. The van der Waals surface area contributed by atoms with Crippen molar-refractivity contribution in [1.29, 1.82) is 0 Å². The molecule has 1 aromatic heterocycles.